The fourth-order valence-electron chi connectivity index (χ4n) is 1.52. The molecule has 0 saturated heterocycles. The number of ether oxygens (including phenoxy) is 1. The number of Topliss-reactive ketones (excluding diaryl/α,β-unsaturated/α-hetero) is 1. The van der Waals surface area contributed by atoms with Crippen LogP contribution in [0.1, 0.15) is 10.4 Å². The van der Waals surface area contributed by atoms with Crippen LogP contribution in [0.5, 0.6) is 5.75 Å². The van der Waals surface area contributed by atoms with E-state index in [0.29, 0.717) is 11.6 Å². The summed E-state index contributed by atoms with van der Waals surface area (Å²) in [6.45, 7) is -0.318. The second-order valence-electron chi connectivity index (χ2n) is 3.92. The third-order valence-corrected chi connectivity index (χ3v) is 3.79. The molecule has 6 heteroatoms. The number of halogens is 4. The third kappa shape index (κ3) is 3.76. The maximum atomic E-state index is 13.5. The Morgan fingerprint density at radius 1 is 1.20 bits per heavy atom. The van der Waals surface area contributed by atoms with E-state index in [2.05, 4.69) is 38.5 Å². The van der Waals surface area contributed by atoms with Crippen LogP contribution in [0, 0.1) is 15.2 Å². The van der Waals surface area contributed by atoms with Crippen molar-refractivity contribution in [2.45, 2.75) is 0 Å². The zero-order valence-corrected chi connectivity index (χ0v) is 13.7. The maximum Gasteiger partial charge on any atom is 0.200 e. The summed E-state index contributed by atoms with van der Waals surface area (Å²) >= 11 is 5.12. The van der Waals surface area contributed by atoms with Crippen molar-refractivity contribution in [3.8, 4) is 5.75 Å². The summed E-state index contributed by atoms with van der Waals surface area (Å²) < 4.78 is 32.7. The zero-order chi connectivity index (χ0) is 14.7. The molecular formula is C14H8BrF2IO2. The second-order valence-corrected chi connectivity index (χ2v) is 6.02. The average Bonchev–Trinajstić information content (AvgIpc) is 2.38. The summed E-state index contributed by atoms with van der Waals surface area (Å²) in [5.74, 6) is -2.03. The van der Waals surface area contributed by atoms with Crippen LogP contribution in [0.2, 0.25) is 0 Å². The standard InChI is InChI=1S/C14H8BrF2IO2/c15-11-5-9(16)6-12(17)14(11)20-7-13(19)8-1-3-10(18)4-2-8/h1-6H,7H2. The number of carbonyl (C=O) groups excluding carboxylic acids is 1. The van der Waals surface area contributed by atoms with Crippen LogP contribution in [0.15, 0.2) is 40.9 Å². The van der Waals surface area contributed by atoms with Crippen molar-refractivity contribution in [2.24, 2.45) is 0 Å². The lowest BCUT2D eigenvalue weighted by Gasteiger charge is -2.09. The van der Waals surface area contributed by atoms with Crippen LogP contribution in [-0.4, -0.2) is 12.4 Å². The molecular weight excluding hydrogens is 445 g/mol. The Labute approximate surface area is 136 Å². The Morgan fingerprint density at radius 2 is 1.85 bits per heavy atom. The molecule has 0 bridgehead atoms. The van der Waals surface area contributed by atoms with Gasteiger partial charge in [0.15, 0.2) is 24.0 Å². The molecule has 0 saturated carbocycles. The Hall–Kier alpha value is -1.02. The molecule has 0 aromatic heterocycles. The number of hydrogen-bond donors (Lipinski definition) is 0. The van der Waals surface area contributed by atoms with Crippen molar-refractivity contribution < 1.29 is 18.3 Å². The number of benzene rings is 2. The first-order chi connectivity index (χ1) is 9.47. The SMILES string of the molecule is O=C(COc1c(F)cc(F)cc1Br)c1ccc(I)cc1. The molecule has 2 rings (SSSR count). The Bertz CT molecular complexity index is 621. The van der Waals surface area contributed by atoms with Gasteiger partial charge in [0.05, 0.1) is 4.47 Å². The summed E-state index contributed by atoms with van der Waals surface area (Å²) in [4.78, 5) is 11.9. The fraction of sp³-hybridized carbons (Fsp3) is 0.0714. The molecule has 0 amide bonds. The van der Waals surface area contributed by atoms with Crippen LogP contribution in [-0.2, 0) is 0 Å². The predicted octanol–water partition coefficient (Wildman–Crippen LogP) is 4.59. The molecule has 2 aromatic rings. The highest BCUT2D eigenvalue weighted by Gasteiger charge is 2.13. The van der Waals surface area contributed by atoms with Crippen molar-refractivity contribution in [2.75, 3.05) is 6.61 Å². The van der Waals surface area contributed by atoms with Crippen molar-refractivity contribution in [3.05, 3.63) is 61.6 Å². The fourth-order valence-corrected chi connectivity index (χ4v) is 2.41. The van der Waals surface area contributed by atoms with Gasteiger partial charge in [-0.1, -0.05) is 12.1 Å². The molecule has 0 N–H and O–H groups in total. The van der Waals surface area contributed by atoms with Crippen LogP contribution in [0.4, 0.5) is 8.78 Å². The minimum atomic E-state index is -0.854. The van der Waals surface area contributed by atoms with Gasteiger partial charge < -0.3 is 4.74 Å². The zero-order valence-electron chi connectivity index (χ0n) is 10.00. The van der Waals surface area contributed by atoms with Gasteiger partial charge in [-0.2, -0.15) is 0 Å². The van der Waals surface area contributed by atoms with E-state index < -0.39 is 11.6 Å². The first-order valence-corrected chi connectivity index (χ1v) is 7.40. The van der Waals surface area contributed by atoms with E-state index in [0.717, 1.165) is 9.64 Å². The van der Waals surface area contributed by atoms with Gasteiger partial charge in [-0.15, -0.1) is 0 Å². The smallest absolute Gasteiger partial charge is 0.200 e. The normalized spacial score (nSPS) is 10.4. The first kappa shape index (κ1) is 15.4. The van der Waals surface area contributed by atoms with E-state index in [1.54, 1.807) is 24.3 Å². The van der Waals surface area contributed by atoms with Crippen LogP contribution in [0.25, 0.3) is 0 Å². The third-order valence-electron chi connectivity index (χ3n) is 2.48. The average molecular weight is 453 g/mol. The van der Waals surface area contributed by atoms with Gasteiger partial charge in [-0.05, 0) is 56.7 Å². The highest BCUT2D eigenvalue weighted by molar-refractivity contribution is 14.1. The van der Waals surface area contributed by atoms with Crippen LogP contribution >= 0.6 is 38.5 Å². The molecule has 0 fully saturated rings. The van der Waals surface area contributed by atoms with Gasteiger partial charge in [-0.3, -0.25) is 4.79 Å². The molecule has 0 spiro atoms. The van der Waals surface area contributed by atoms with E-state index in [9.17, 15) is 13.6 Å². The van der Waals surface area contributed by atoms with Gasteiger partial charge in [0.1, 0.15) is 5.82 Å². The summed E-state index contributed by atoms with van der Waals surface area (Å²) in [5.41, 5.74) is 0.476. The molecule has 20 heavy (non-hydrogen) atoms. The van der Waals surface area contributed by atoms with E-state index in [-0.39, 0.29) is 22.6 Å². The van der Waals surface area contributed by atoms with Crippen molar-refractivity contribution >= 4 is 44.3 Å². The topological polar surface area (TPSA) is 26.3 Å². The van der Waals surface area contributed by atoms with Gasteiger partial charge in [0.25, 0.3) is 0 Å². The molecule has 0 aliphatic rings. The molecule has 0 heterocycles. The van der Waals surface area contributed by atoms with E-state index >= 15 is 0 Å². The summed E-state index contributed by atoms with van der Waals surface area (Å²) in [7, 11) is 0. The van der Waals surface area contributed by atoms with Gasteiger partial charge >= 0.3 is 0 Å². The van der Waals surface area contributed by atoms with Crippen molar-refractivity contribution in [1.29, 1.82) is 0 Å². The Morgan fingerprint density at radius 3 is 2.45 bits per heavy atom. The van der Waals surface area contributed by atoms with E-state index in [4.69, 9.17) is 4.74 Å². The molecule has 0 atom stereocenters. The molecule has 0 unspecified atom stereocenters. The van der Waals surface area contributed by atoms with Crippen LogP contribution < -0.4 is 4.74 Å². The molecule has 0 aliphatic carbocycles. The summed E-state index contributed by atoms with van der Waals surface area (Å²) in [5, 5.41) is 0. The molecule has 0 radical (unpaired) electrons. The lowest BCUT2D eigenvalue weighted by atomic mass is 10.1. The predicted molar refractivity (Wildman–Crippen MR) is 83.0 cm³/mol. The summed E-state index contributed by atoms with van der Waals surface area (Å²) in [6.07, 6.45) is 0. The van der Waals surface area contributed by atoms with Crippen molar-refractivity contribution in [3.63, 3.8) is 0 Å². The maximum absolute atomic E-state index is 13.5. The number of rotatable bonds is 4. The Balaban J connectivity index is 2.09. The monoisotopic (exact) mass is 452 g/mol. The largest absolute Gasteiger partial charge is 0.481 e. The number of carbonyl (C=O) groups is 1. The van der Waals surface area contributed by atoms with Gasteiger partial charge in [0, 0.05) is 15.2 Å². The second kappa shape index (κ2) is 6.62. The molecule has 2 aromatic carbocycles. The lowest BCUT2D eigenvalue weighted by molar-refractivity contribution is 0.0918. The molecule has 104 valence electrons. The lowest BCUT2D eigenvalue weighted by Crippen LogP contribution is -2.12. The molecule has 2 nitrogen and oxygen atoms in total. The number of ketones is 1. The molecule has 0 aliphatic heterocycles. The summed E-state index contributed by atoms with van der Waals surface area (Å²) in [6, 6.07) is 8.71. The minimum absolute atomic E-state index is 0.130. The number of hydrogen-bond acceptors (Lipinski definition) is 2. The van der Waals surface area contributed by atoms with Gasteiger partial charge in [0.2, 0.25) is 0 Å². The highest BCUT2D eigenvalue weighted by atomic mass is 127. The Kier molecular flexibility index (Phi) is 5.09. The van der Waals surface area contributed by atoms with Gasteiger partial charge in [-0.25, -0.2) is 8.78 Å². The highest BCUT2D eigenvalue weighted by Crippen LogP contribution is 2.29. The van der Waals surface area contributed by atoms with Crippen molar-refractivity contribution in [1.82, 2.24) is 0 Å². The van der Waals surface area contributed by atoms with E-state index in [1.807, 2.05) is 0 Å². The van der Waals surface area contributed by atoms with Crippen LogP contribution in [0.3, 0.4) is 0 Å². The minimum Gasteiger partial charge on any atom is -0.481 e. The van der Waals surface area contributed by atoms with E-state index in [1.165, 1.54) is 0 Å². The first-order valence-electron chi connectivity index (χ1n) is 5.53. The quantitative estimate of drug-likeness (QED) is 0.501.